The minimum absolute atomic E-state index is 0.0575. The Hall–Kier alpha value is -2.48. The number of imidazole rings is 1. The summed E-state index contributed by atoms with van der Waals surface area (Å²) in [6, 6.07) is 2.18. The van der Waals surface area contributed by atoms with Gasteiger partial charge in [0.2, 0.25) is 11.9 Å². The molecule has 3 aromatic rings. The summed E-state index contributed by atoms with van der Waals surface area (Å²) in [6.45, 7) is 0. The molecule has 1 saturated carbocycles. The van der Waals surface area contributed by atoms with Crippen LogP contribution in [0.4, 0.5) is 26.4 Å². The molecule has 0 amide bonds. The standard InChI is InChI=1S/C15H13ClF2N6/c16-9-4-7(17)5-10(18)12(9)22-15-21-11-6-19-14(23-13(11)24-15)20-8-2-1-3-8/h4-6,8H,1-3H2,(H3,19,20,21,22,23,24). The molecule has 0 radical (unpaired) electrons. The van der Waals surface area contributed by atoms with Crippen LogP contribution in [-0.4, -0.2) is 26.0 Å². The van der Waals surface area contributed by atoms with Gasteiger partial charge in [-0.1, -0.05) is 11.6 Å². The summed E-state index contributed by atoms with van der Waals surface area (Å²) in [5, 5.41) is 5.87. The maximum absolute atomic E-state index is 13.8. The highest BCUT2D eigenvalue weighted by Crippen LogP contribution is 2.29. The van der Waals surface area contributed by atoms with Gasteiger partial charge in [0, 0.05) is 12.1 Å². The molecular weight excluding hydrogens is 338 g/mol. The first-order valence-corrected chi connectivity index (χ1v) is 7.87. The summed E-state index contributed by atoms with van der Waals surface area (Å²) < 4.78 is 26.9. The van der Waals surface area contributed by atoms with Crippen molar-refractivity contribution in [3.63, 3.8) is 0 Å². The number of fused-ring (bicyclic) bond motifs is 1. The van der Waals surface area contributed by atoms with E-state index in [1.807, 2.05) is 0 Å². The van der Waals surface area contributed by atoms with E-state index in [1.54, 1.807) is 6.20 Å². The van der Waals surface area contributed by atoms with E-state index in [4.69, 9.17) is 11.6 Å². The number of hydrogen-bond acceptors (Lipinski definition) is 5. The zero-order chi connectivity index (χ0) is 16.7. The summed E-state index contributed by atoms with van der Waals surface area (Å²) in [4.78, 5) is 15.7. The number of hydrogen-bond donors (Lipinski definition) is 3. The largest absolute Gasteiger partial charge is 0.351 e. The topological polar surface area (TPSA) is 78.5 Å². The highest BCUT2D eigenvalue weighted by Gasteiger charge is 2.18. The van der Waals surface area contributed by atoms with Crippen LogP contribution in [0.2, 0.25) is 5.02 Å². The van der Waals surface area contributed by atoms with Crippen LogP contribution in [-0.2, 0) is 0 Å². The van der Waals surface area contributed by atoms with Crippen molar-refractivity contribution in [1.29, 1.82) is 0 Å². The molecule has 6 nitrogen and oxygen atoms in total. The fourth-order valence-electron chi connectivity index (χ4n) is 2.45. The van der Waals surface area contributed by atoms with Crippen LogP contribution in [0.25, 0.3) is 11.2 Å². The van der Waals surface area contributed by atoms with Crippen molar-refractivity contribution in [2.24, 2.45) is 0 Å². The molecule has 124 valence electrons. The van der Waals surface area contributed by atoms with Crippen molar-refractivity contribution in [2.45, 2.75) is 25.3 Å². The average molecular weight is 351 g/mol. The molecule has 1 aromatic carbocycles. The van der Waals surface area contributed by atoms with Gasteiger partial charge in [-0.25, -0.2) is 13.8 Å². The molecule has 0 spiro atoms. The van der Waals surface area contributed by atoms with Crippen molar-refractivity contribution in [3.05, 3.63) is 35.0 Å². The third-order valence-corrected chi connectivity index (χ3v) is 4.23. The molecule has 0 bridgehead atoms. The lowest BCUT2D eigenvalue weighted by molar-refractivity contribution is 0.443. The van der Waals surface area contributed by atoms with Crippen molar-refractivity contribution in [2.75, 3.05) is 10.6 Å². The van der Waals surface area contributed by atoms with Gasteiger partial charge in [-0.05, 0) is 25.3 Å². The molecular formula is C15H13ClF2N6. The fourth-order valence-corrected chi connectivity index (χ4v) is 2.69. The molecule has 1 aliphatic rings. The Morgan fingerprint density at radius 2 is 2.04 bits per heavy atom. The molecule has 1 aliphatic carbocycles. The number of nitrogens with zero attached hydrogens (tertiary/aromatic N) is 3. The highest BCUT2D eigenvalue weighted by molar-refractivity contribution is 6.33. The molecule has 1 fully saturated rings. The first-order valence-electron chi connectivity index (χ1n) is 7.49. The van der Waals surface area contributed by atoms with E-state index < -0.39 is 11.6 Å². The Kier molecular flexibility index (Phi) is 3.68. The molecule has 9 heteroatoms. The number of H-pyrrole nitrogens is 1. The Balaban J connectivity index is 1.60. The Morgan fingerprint density at radius 1 is 1.21 bits per heavy atom. The molecule has 0 aliphatic heterocycles. The van der Waals surface area contributed by atoms with Crippen LogP contribution in [0.15, 0.2) is 18.3 Å². The summed E-state index contributed by atoms with van der Waals surface area (Å²) >= 11 is 5.87. The minimum Gasteiger partial charge on any atom is -0.351 e. The van der Waals surface area contributed by atoms with E-state index in [-0.39, 0.29) is 16.7 Å². The van der Waals surface area contributed by atoms with Crippen LogP contribution in [0.3, 0.4) is 0 Å². The van der Waals surface area contributed by atoms with E-state index >= 15 is 0 Å². The normalized spacial score (nSPS) is 14.6. The lowest BCUT2D eigenvalue weighted by atomic mass is 9.93. The minimum atomic E-state index is -0.807. The number of aromatic nitrogens is 4. The maximum atomic E-state index is 13.8. The summed E-state index contributed by atoms with van der Waals surface area (Å²) in [6.07, 6.45) is 5.03. The van der Waals surface area contributed by atoms with Gasteiger partial charge in [-0.2, -0.15) is 9.97 Å². The van der Waals surface area contributed by atoms with Gasteiger partial charge in [-0.15, -0.1) is 0 Å². The predicted molar refractivity (Wildman–Crippen MR) is 87.6 cm³/mol. The van der Waals surface area contributed by atoms with Crippen LogP contribution in [0.5, 0.6) is 0 Å². The molecule has 0 saturated heterocycles. The quantitative estimate of drug-likeness (QED) is 0.663. The molecule has 2 aromatic heterocycles. The number of aromatic amines is 1. The highest BCUT2D eigenvalue weighted by atomic mass is 35.5. The van der Waals surface area contributed by atoms with Crippen molar-refractivity contribution >= 4 is 40.3 Å². The second-order valence-corrected chi connectivity index (χ2v) is 6.07. The third-order valence-electron chi connectivity index (χ3n) is 3.93. The van der Waals surface area contributed by atoms with Crippen LogP contribution in [0, 0.1) is 11.6 Å². The molecule has 0 unspecified atom stereocenters. The second-order valence-electron chi connectivity index (χ2n) is 5.66. The first kappa shape index (κ1) is 15.1. The Morgan fingerprint density at radius 3 is 2.75 bits per heavy atom. The van der Waals surface area contributed by atoms with Gasteiger partial charge < -0.3 is 15.6 Å². The Bertz CT molecular complexity index is 885. The van der Waals surface area contributed by atoms with E-state index in [0.29, 0.717) is 23.2 Å². The second kappa shape index (κ2) is 5.86. The van der Waals surface area contributed by atoms with Gasteiger partial charge in [0.05, 0.1) is 16.9 Å². The van der Waals surface area contributed by atoms with Crippen LogP contribution < -0.4 is 10.6 Å². The van der Waals surface area contributed by atoms with Crippen molar-refractivity contribution in [1.82, 2.24) is 19.9 Å². The summed E-state index contributed by atoms with van der Waals surface area (Å²) in [5.74, 6) is -0.798. The van der Waals surface area contributed by atoms with E-state index in [1.165, 1.54) is 6.42 Å². The Labute approximate surface area is 140 Å². The average Bonchev–Trinajstić information content (AvgIpc) is 2.88. The summed E-state index contributed by atoms with van der Waals surface area (Å²) in [5.41, 5.74) is 0.973. The zero-order valence-corrected chi connectivity index (χ0v) is 13.2. The fraction of sp³-hybridized carbons (Fsp3) is 0.267. The molecule has 24 heavy (non-hydrogen) atoms. The molecule has 2 heterocycles. The number of halogens is 3. The maximum Gasteiger partial charge on any atom is 0.225 e. The van der Waals surface area contributed by atoms with Crippen LogP contribution >= 0.6 is 11.6 Å². The van der Waals surface area contributed by atoms with Gasteiger partial charge in [0.25, 0.3) is 0 Å². The summed E-state index contributed by atoms with van der Waals surface area (Å²) in [7, 11) is 0. The molecule has 4 rings (SSSR count). The molecule has 3 N–H and O–H groups in total. The number of benzene rings is 1. The zero-order valence-electron chi connectivity index (χ0n) is 12.4. The lowest BCUT2D eigenvalue weighted by Gasteiger charge is -2.26. The lowest BCUT2D eigenvalue weighted by Crippen LogP contribution is -2.27. The van der Waals surface area contributed by atoms with Crippen molar-refractivity contribution in [3.8, 4) is 0 Å². The van der Waals surface area contributed by atoms with Gasteiger partial charge in [0.15, 0.2) is 11.5 Å². The number of anilines is 3. The predicted octanol–water partition coefficient (Wildman–Crippen LogP) is 3.99. The van der Waals surface area contributed by atoms with E-state index in [9.17, 15) is 8.78 Å². The monoisotopic (exact) mass is 350 g/mol. The van der Waals surface area contributed by atoms with Gasteiger partial charge in [-0.3, -0.25) is 0 Å². The van der Waals surface area contributed by atoms with E-state index in [2.05, 4.69) is 30.6 Å². The van der Waals surface area contributed by atoms with Gasteiger partial charge >= 0.3 is 0 Å². The smallest absolute Gasteiger partial charge is 0.225 e. The number of nitrogens with one attached hydrogen (secondary N) is 3. The van der Waals surface area contributed by atoms with Crippen LogP contribution in [0.1, 0.15) is 19.3 Å². The number of rotatable bonds is 4. The first-order chi connectivity index (χ1) is 11.6. The van der Waals surface area contributed by atoms with E-state index in [0.717, 1.165) is 25.0 Å². The third kappa shape index (κ3) is 2.84. The van der Waals surface area contributed by atoms with Crippen molar-refractivity contribution < 1.29 is 8.78 Å². The van der Waals surface area contributed by atoms with Gasteiger partial charge in [0.1, 0.15) is 11.3 Å². The SMILES string of the molecule is Fc1cc(F)c(Nc2nc3nc(NC4CCC4)ncc3[nH]2)c(Cl)c1. The molecule has 0 atom stereocenters.